The van der Waals surface area contributed by atoms with Crippen LogP contribution in [0.25, 0.3) is 0 Å². The Bertz CT molecular complexity index is 1400. The van der Waals surface area contributed by atoms with Gasteiger partial charge < -0.3 is 10.2 Å². The van der Waals surface area contributed by atoms with E-state index in [0.717, 1.165) is 9.87 Å². The highest BCUT2D eigenvalue weighted by Crippen LogP contribution is 2.33. The molecule has 3 rings (SSSR count). The van der Waals surface area contributed by atoms with Crippen LogP contribution in [0, 0.1) is 6.92 Å². The van der Waals surface area contributed by atoms with Crippen molar-refractivity contribution in [3.05, 3.63) is 92.9 Å². The fraction of sp³-hybridized carbons (Fsp3) is 0.231. The number of likely N-dealkylation sites (N-methyl/N-ethyl adjacent to an activating group) is 1. The van der Waals surface area contributed by atoms with Gasteiger partial charge in [0.1, 0.15) is 12.6 Å². The third-order valence-electron chi connectivity index (χ3n) is 5.78. The average Bonchev–Trinajstić information content (AvgIpc) is 2.87. The minimum atomic E-state index is -4.26. The summed E-state index contributed by atoms with van der Waals surface area (Å²) in [4.78, 5) is 27.5. The number of benzene rings is 3. The van der Waals surface area contributed by atoms with Gasteiger partial charge in [0.05, 0.1) is 15.6 Å². The second kappa shape index (κ2) is 12.2. The van der Waals surface area contributed by atoms with E-state index in [9.17, 15) is 18.0 Å². The van der Waals surface area contributed by atoms with Crippen LogP contribution in [0.4, 0.5) is 5.69 Å². The Morgan fingerprint density at radius 2 is 1.59 bits per heavy atom. The molecule has 2 amide bonds. The molecule has 0 saturated heterocycles. The van der Waals surface area contributed by atoms with Gasteiger partial charge in [0, 0.05) is 23.6 Å². The summed E-state index contributed by atoms with van der Waals surface area (Å²) < 4.78 is 28.5. The molecule has 0 fully saturated rings. The van der Waals surface area contributed by atoms with Gasteiger partial charge >= 0.3 is 0 Å². The van der Waals surface area contributed by atoms with Crippen LogP contribution in [-0.2, 0) is 26.2 Å². The van der Waals surface area contributed by atoms with E-state index >= 15 is 0 Å². The van der Waals surface area contributed by atoms with Crippen molar-refractivity contribution in [2.75, 3.05) is 17.9 Å². The quantitative estimate of drug-likeness (QED) is 0.370. The Hall–Kier alpha value is -2.78. The molecule has 0 heterocycles. The van der Waals surface area contributed by atoms with Crippen LogP contribution in [0.1, 0.15) is 18.1 Å². The van der Waals surface area contributed by atoms with Gasteiger partial charge in [-0.25, -0.2) is 8.42 Å². The van der Waals surface area contributed by atoms with Gasteiger partial charge in [-0.3, -0.25) is 13.9 Å². The molecule has 0 aliphatic heterocycles. The smallest absolute Gasteiger partial charge is 0.264 e. The topological polar surface area (TPSA) is 86.8 Å². The van der Waals surface area contributed by atoms with Crippen molar-refractivity contribution in [3.63, 3.8) is 0 Å². The van der Waals surface area contributed by atoms with E-state index in [4.69, 9.17) is 34.8 Å². The summed E-state index contributed by atoms with van der Waals surface area (Å²) in [5, 5.41) is 3.26. The Balaban J connectivity index is 2.09. The molecule has 0 aliphatic carbocycles. The number of nitrogens with one attached hydrogen (secondary N) is 1. The Morgan fingerprint density at radius 3 is 2.22 bits per heavy atom. The minimum Gasteiger partial charge on any atom is -0.357 e. The summed E-state index contributed by atoms with van der Waals surface area (Å²) in [6, 6.07) is 16.6. The van der Waals surface area contributed by atoms with E-state index in [0.29, 0.717) is 10.6 Å². The van der Waals surface area contributed by atoms with E-state index in [-0.39, 0.29) is 27.2 Å². The lowest BCUT2D eigenvalue weighted by atomic mass is 10.1. The van der Waals surface area contributed by atoms with Crippen LogP contribution in [-0.4, -0.2) is 44.8 Å². The molecule has 0 unspecified atom stereocenters. The molecule has 11 heteroatoms. The predicted molar refractivity (Wildman–Crippen MR) is 148 cm³/mol. The maximum absolute atomic E-state index is 13.8. The van der Waals surface area contributed by atoms with Crippen LogP contribution in [0.3, 0.4) is 0 Å². The Kier molecular flexibility index (Phi) is 9.47. The number of carbonyl (C=O) groups is 2. The predicted octanol–water partition coefficient (Wildman–Crippen LogP) is 5.31. The number of hydrogen-bond acceptors (Lipinski definition) is 4. The molecule has 37 heavy (non-hydrogen) atoms. The zero-order valence-corrected chi connectivity index (χ0v) is 23.5. The zero-order valence-electron chi connectivity index (χ0n) is 20.4. The Morgan fingerprint density at radius 1 is 0.946 bits per heavy atom. The maximum Gasteiger partial charge on any atom is 0.264 e. The molecule has 3 aromatic rings. The first kappa shape index (κ1) is 28.8. The average molecular weight is 583 g/mol. The van der Waals surface area contributed by atoms with Gasteiger partial charge in [-0.2, -0.15) is 0 Å². The van der Waals surface area contributed by atoms with Crippen molar-refractivity contribution >= 4 is 62.3 Å². The molecule has 7 nitrogen and oxygen atoms in total. The third-order valence-corrected chi connectivity index (χ3v) is 8.47. The first-order valence-corrected chi connectivity index (χ1v) is 13.8. The highest BCUT2D eigenvalue weighted by molar-refractivity contribution is 7.92. The first-order valence-electron chi connectivity index (χ1n) is 11.2. The Labute approximate surface area is 232 Å². The molecule has 0 saturated carbocycles. The van der Waals surface area contributed by atoms with Crippen molar-refractivity contribution in [1.82, 2.24) is 10.2 Å². The molecule has 0 aromatic heterocycles. The standard InChI is InChI=1S/C26H26Cl3N3O4S/c1-17-8-11-21(12-9-17)37(35,36)32(24-14-20(27)10-13-23(24)29)16-25(33)31(18(2)26(34)30-3)15-19-6-4-5-7-22(19)28/h4-14,18H,15-16H2,1-3H3,(H,30,34)/t18-/m0/s1. The van der Waals surface area contributed by atoms with E-state index in [2.05, 4.69) is 5.32 Å². The van der Waals surface area contributed by atoms with E-state index in [1.807, 2.05) is 6.92 Å². The van der Waals surface area contributed by atoms with Crippen LogP contribution >= 0.6 is 34.8 Å². The van der Waals surface area contributed by atoms with Gasteiger partial charge in [-0.05, 0) is 55.8 Å². The summed E-state index contributed by atoms with van der Waals surface area (Å²) in [6.45, 7) is 2.73. The van der Waals surface area contributed by atoms with Crippen LogP contribution in [0.15, 0.2) is 71.6 Å². The molecule has 3 aromatic carbocycles. The number of carbonyl (C=O) groups excluding carboxylic acids is 2. The minimum absolute atomic E-state index is 0.0191. The number of nitrogens with zero attached hydrogens (tertiary/aromatic N) is 2. The fourth-order valence-corrected chi connectivity index (χ4v) is 5.69. The van der Waals surface area contributed by atoms with Gasteiger partial charge in [0.15, 0.2) is 0 Å². The first-order chi connectivity index (χ1) is 17.4. The van der Waals surface area contributed by atoms with Gasteiger partial charge in [0.25, 0.3) is 10.0 Å². The van der Waals surface area contributed by atoms with Crippen molar-refractivity contribution in [1.29, 1.82) is 0 Å². The molecule has 1 N–H and O–H groups in total. The second-order valence-corrected chi connectivity index (χ2v) is 11.4. The lowest BCUT2D eigenvalue weighted by Gasteiger charge is -2.32. The SMILES string of the molecule is CNC(=O)[C@H](C)N(Cc1ccccc1Cl)C(=O)CN(c1cc(Cl)ccc1Cl)S(=O)(=O)c1ccc(C)cc1. The molecule has 1 atom stereocenters. The lowest BCUT2D eigenvalue weighted by Crippen LogP contribution is -2.50. The number of aryl methyl sites for hydroxylation is 1. The summed E-state index contributed by atoms with van der Waals surface area (Å²) in [5.41, 5.74) is 1.50. The molecule has 0 bridgehead atoms. The molecule has 0 spiro atoms. The maximum atomic E-state index is 13.8. The van der Waals surface area contributed by atoms with E-state index in [1.54, 1.807) is 43.3 Å². The summed E-state index contributed by atoms with van der Waals surface area (Å²) in [7, 11) is -2.80. The molecular formula is C26H26Cl3N3O4S. The summed E-state index contributed by atoms with van der Waals surface area (Å²) in [5.74, 6) is -1.06. The number of rotatable bonds is 9. The van der Waals surface area contributed by atoms with Gasteiger partial charge in [-0.15, -0.1) is 0 Å². The van der Waals surface area contributed by atoms with Crippen LogP contribution in [0.5, 0.6) is 0 Å². The van der Waals surface area contributed by atoms with Gasteiger partial charge in [-0.1, -0.05) is 70.7 Å². The third kappa shape index (κ3) is 6.76. The van der Waals surface area contributed by atoms with E-state index in [1.165, 1.54) is 42.3 Å². The van der Waals surface area contributed by atoms with Crippen molar-refractivity contribution in [3.8, 4) is 0 Å². The lowest BCUT2D eigenvalue weighted by molar-refractivity contribution is -0.139. The number of halogens is 3. The summed E-state index contributed by atoms with van der Waals surface area (Å²) in [6.07, 6.45) is 0. The van der Waals surface area contributed by atoms with Gasteiger partial charge in [0.2, 0.25) is 11.8 Å². The van der Waals surface area contributed by atoms with Crippen LogP contribution < -0.4 is 9.62 Å². The monoisotopic (exact) mass is 581 g/mol. The number of sulfonamides is 1. The molecule has 0 radical (unpaired) electrons. The largest absolute Gasteiger partial charge is 0.357 e. The molecule has 196 valence electrons. The molecule has 0 aliphatic rings. The van der Waals surface area contributed by atoms with Crippen molar-refractivity contribution in [2.24, 2.45) is 0 Å². The summed E-state index contributed by atoms with van der Waals surface area (Å²) >= 11 is 18.9. The van der Waals surface area contributed by atoms with E-state index < -0.39 is 34.4 Å². The zero-order chi connectivity index (χ0) is 27.3. The van der Waals surface area contributed by atoms with Crippen molar-refractivity contribution < 1.29 is 18.0 Å². The highest BCUT2D eigenvalue weighted by atomic mass is 35.5. The van der Waals surface area contributed by atoms with Crippen molar-refractivity contribution in [2.45, 2.75) is 31.3 Å². The normalized spacial score (nSPS) is 12.1. The highest BCUT2D eigenvalue weighted by Gasteiger charge is 2.33. The number of anilines is 1. The second-order valence-electron chi connectivity index (χ2n) is 8.32. The fourth-order valence-electron chi connectivity index (χ4n) is 3.63. The molecular weight excluding hydrogens is 557 g/mol. The number of amides is 2. The number of hydrogen-bond donors (Lipinski definition) is 1. The van der Waals surface area contributed by atoms with Crippen LogP contribution in [0.2, 0.25) is 15.1 Å².